The summed E-state index contributed by atoms with van der Waals surface area (Å²) in [5.74, 6) is 0. The van der Waals surface area contributed by atoms with Gasteiger partial charge in [0.1, 0.15) is 0 Å². The number of aromatic nitrogens is 1. The van der Waals surface area contributed by atoms with Crippen LogP contribution in [0.4, 0.5) is 0 Å². The predicted octanol–water partition coefficient (Wildman–Crippen LogP) is 2.70. The van der Waals surface area contributed by atoms with Crippen LogP contribution < -0.4 is 5.32 Å². The van der Waals surface area contributed by atoms with E-state index in [4.69, 9.17) is 0 Å². The SMILES string of the molecule is CCNCc1cn(CCCN(C)C)c2ccccc12. The topological polar surface area (TPSA) is 20.2 Å². The van der Waals surface area contributed by atoms with Crippen molar-refractivity contribution in [1.29, 1.82) is 0 Å². The Labute approximate surface area is 116 Å². The van der Waals surface area contributed by atoms with Crippen LogP contribution in [0.3, 0.4) is 0 Å². The second kappa shape index (κ2) is 6.73. The lowest BCUT2D eigenvalue weighted by Crippen LogP contribution is -2.15. The molecule has 0 atom stereocenters. The van der Waals surface area contributed by atoms with E-state index in [1.165, 1.54) is 22.9 Å². The average molecular weight is 259 g/mol. The minimum absolute atomic E-state index is 0.956. The minimum atomic E-state index is 0.956. The maximum atomic E-state index is 3.42. The largest absolute Gasteiger partial charge is 0.347 e. The molecule has 0 bridgehead atoms. The number of aryl methyl sites for hydroxylation is 1. The summed E-state index contributed by atoms with van der Waals surface area (Å²) in [5.41, 5.74) is 2.76. The number of fused-ring (bicyclic) bond motifs is 1. The molecule has 0 aliphatic rings. The molecule has 0 unspecified atom stereocenters. The summed E-state index contributed by atoms with van der Waals surface area (Å²) in [6.07, 6.45) is 3.50. The Morgan fingerprint density at radius 1 is 1.21 bits per heavy atom. The van der Waals surface area contributed by atoms with Crippen molar-refractivity contribution in [2.45, 2.75) is 26.4 Å². The zero-order valence-corrected chi connectivity index (χ0v) is 12.3. The monoisotopic (exact) mass is 259 g/mol. The van der Waals surface area contributed by atoms with E-state index in [1.54, 1.807) is 0 Å². The fourth-order valence-electron chi connectivity index (χ4n) is 2.47. The van der Waals surface area contributed by atoms with Crippen molar-refractivity contribution in [3.8, 4) is 0 Å². The fourth-order valence-corrected chi connectivity index (χ4v) is 2.47. The molecule has 104 valence electrons. The molecule has 1 N–H and O–H groups in total. The van der Waals surface area contributed by atoms with Crippen LogP contribution in [0.2, 0.25) is 0 Å². The Morgan fingerprint density at radius 3 is 2.74 bits per heavy atom. The minimum Gasteiger partial charge on any atom is -0.347 e. The Morgan fingerprint density at radius 2 is 2.00 bits per heavy atom. The van der Waals surface area contributed by atoms with Crippen molar-refractivity contribution in [2.24, 2.45) is 0 Å². The molecule has 19 heavy (non-hydrogen) atoms. The van der Waals surface area contributed by atoms with Gasteiger partial charge in [0.2, 0.25) is 0 Å². The summed E-state index contributed by atoms with van der Waals surface area (Å²) in [4.78, 5) is 2.24. The van der Waals surface area contributed by atoms with Crippen molar-refractivity contribution in [3.63, 3.8) is 0 Å². The van der Waals surface area contributed by atoms with Gasteiger partial charge in [0.05, 0.1) is 0 Å². The quantitative estimate of drug-likeness (QED) is 0.825. The van der Waals surface area contributed by atoms with Gasteiger partial charge in [-0.15, -0.1) is 0 Å². The average Bonchev–Trinajstić information content (AvgIpc) is 2.75. The third-order valence-corrected chi connectivity index (χ3v) is 3.44. The van der Waals surface area contributed by atoms with E-state index >= 15 is 0 Å². The van der Waals surface area contributed by atoms with Crippen LogP contribution in [0.5, 0.6) is 0 Å². The van der Waals surface area contributed by atoms with E-state index in [2.05, 4.69) is 66.3 Å². The number of rotatable bonds is 7. The Hall–Kier alpha value is -1.32. The zero-order chi connectivity index (χ0) is 13.7. The standard InChI is InChI=1S/C16H25N3/c1-4-17-12-14-13-19(11-7-10-18(2)3)16-9-6-5-8-15(14)16/h5-6,8-9,13,17H,4,7,10-12H2,1-3H3. The maximum absolute atomic E-state index is 3.42. The van der Waals surface area contributed by atoms with E-state index in [1.807, 2.05) is 0 Å². The van der Waals surface area contributed by atoms with E-state index in [0.717, 1.165) is 26.2 Å². The number of hydrogen-bond acceptors (Lipinski definition) is 2. The van der Waals surface area contributed by atoms with E-state index in [0.29, 0.717) is 0 Å². The fraction of sp³-hybridized carbons (Fsp3) is 0.500. The van der Waals surface area contributed by atoms with Crippen LogP contribution in [0.25, 0.3) is 10.9 Å². The van der Waals surface area contributed by atoms with Crippen molar-refractivity contribution >= 4 is 10.9 Å². The molecule has 0 amide bonds. The highest BCUT2D eigenvalue weighted by Crippen LogP contribution is 2.21. The molecule has 2 rings (SSSR count). The number of hydrogen-bond donors (Lipinski definition) is 1. The van der Waals surface area contributed by atoms with Gasteiger partial charge in [0.25, 0.3) is 0 Å². The highest BCUT2D eigenvalue weighted by atomic mass is 15.1. The van der Waals surface area contributed by atoms with Gasteiger partial charge in [-0.05, 0) is 45.2 Å². The first kappa shape index (κ1) is 14.1. The molecule has 3 nitrogen and oxygen atoms in total. The lowest BCUT2D eigenvalue weighted by Gasteiger charge is -2.10. The van der Waals surface area contributed by atoms with Crippen LogP contribution in [0, 0.1) is 0 Å². The number of benzene rings is 1. The van der Waals surface area contributed by atoms with Crippen molar-refractivity contribution < 1.29 is 0 Å². The molecule has 1 aromatic carbocycles. The molecule has 0 spiro atoms. The van der Waals surface area contributed by atoms with Crippen LogP contribution in [0.1, 0.15) is 18.9 Å². The van der Waals surface area contributed by atoms with Gasteiger partial charge in [-0.3, -0.25) is 0 Å². The molecule has 0 aliphatic carbocycles. The third-order valence-electron chi connectivity index (χ3n) is 3.44. The first-order valence-corrected chi connectivity index (χ1v) is 7.14. The van der Waals surface area contributed by atoms with Gasteiger partial charge in [-0.2, -0.15) is 0 Å². The summed E-state index contributed by atoms with van der Waals surface area (Å²) >= 11 is 0. The van der Waals surface area contributed by atoms with Gasteiger partial charge >= 0.3 is 0 Å². The highest BCUT2D eigenvalue weighted by Gasteiger charge is 2.07. The number of nitrogens with zero attached hydrogens (tertiary/aromatic N) is 2. The van der Waals surface area contributed by atoms with Gasteiger partial charge in [0, 0.05) is 30.2 Å². The molecule has 0 aliphatic heterocycles. The molecule has 1 heterocycles. The highest BCUT2D eigenvalue weighted by molar-refractivity contribution is 5.83. The molecule has 1 aromatic heterocycles. The van der Waals surface area contributed by atoms with Crippen LogP contribution in [0.15, 0.2) is 30.5 Å². The van der Waals surface area contributed by atoms with Crippen LogP contribution in [-0.2, 0) is 13.1 Å². The molecule has 0 saturated carbocycles. The Balaban J connectivity index is 2.18. The Bertz CT molecular complexity index is 514. The summed E-state index contributed by atoms with van der Waals surface area (Å²) < 4.78 is 2.39. The summed E-state index contributed by atoms with van der Waals surface area (Å²) in [6.45, 7) is 6.34. The lowest BCUT2D eigenvalue weighted by atomic mass is 10.2. The van der Waals surface area contributed by atoms with E-state index in [9.17, 15) is 0 Å². The van der Waals surface area contributed by atoms with Crippen molar-refractivity contribution in [3.05, 3.63) is 36.0 Å². The van der Waals surface area contributed by atoms with E-state index in [-0.39, 0.29) is 0 Å². The zero-order valence-electron chi connectivity index (χ0n) is 12.3. The second-order valence-electron chi connectivity index (χ2n) is 5.30. The van der Waals surface area contributed by atoms with Gasteiger partial charge in [0.15, 0.2) is 0 Å². The Kier molecular flexibility index (Phi) is 5.00. The maximum Gasteiger partial charge on any atom is 0.0483 e. The molecule has 2 aromatic rings. The first-order valence-electron chi connectivity index (χ1n) is 7.14. The first-order chi connectivity index (χ1) is 9.22. The number of para-hydroxylation sites is 1. The lowest BCUT2D eigenvalue weighted by molar-refractivity contribution is 0.388. The molecule has 0 saturated heterocycles. The van der Waals surface area contributed by atoms with E-state index < -0.39 is 0 Å². The molecule has 0 radical (unpaired) electrons. The molecule has 0 fully saturated rings. The van der Waals surface area contributed by atoms with Crippen molar-refractivity contribution in [1.82, 2.24) is 14.8 Å². The van der Waals surface area contributed by atoms with Crippen LogP contribution in [-0.4, -0.2) is 36.7 Å². The van der Waals surface area contributed by atoms with Gasteiger partial charge < -0.3 is 14.8 Å². The smallest absolute Gasteiger partial charge is 0.0483 e. The predicted molar refractivity (Wildman–Crippen MR) is 82.5 cm³/mol. The normalized spacial score (nSPS) is 11.6. The summed E-state index contributed by atoms with van der Waals surface area (Å²) in [5, 5.41) is 4.81. The van der Waals surface area contributed by atoms with Crippen LogP contribution >= 0.6 is 0 Å². The second-order valence-corrected chi connectivity index (χ2v) is 5.30. The molecular weight excluding hydrogens is 234 g/mol. The molecule has 3 heteroatoms. The van der Waals surface area contributed by atoms with Gasteiger partial charge in [-0.1, -0.05) is 25.1 Å². The van der Waals surface area contributed by atoms with Crippen molar-refractivity contribution in [2.75, 3.05) is 27.2 Å². The summed E-state index contributed by atoms with van der Waals surface area (Å²) in [6, 6.07) is 8.70. The number of nitrogens with one attached hydrogen (secondary N) is 1. The van der Waals surface area contributed by atoms with Gasteiger partial charge in [-0.25, -0.2) is 0 Å². The summed E-state index contributed by atoms with van der Waals surface area (Å²) in [7, 11) is 4.26. The third kappa shape index (κ3) is 3.58. The molecular formula is C16H25N3.